The molecule has 9 nitrogen and oxygen atoms in total. The van der Waals surface area contributed by atoms with Crippen molar-refractivity contribution in [3.63, 3.8) is 0 Å². The molecule has 0 aliphatic rings. The van der Waals surface area contributed by atoms with Crippen molar-refractivity contribution in [3.8, 4) is 34.5 Å². The van der Waals surface area contributed by atoms with Crippen LogP contribution in [0.2, 0.25) is 0 Å². The number of hydrogen-bond donors (Lipinski definition) is 0. The van der Waals surface area contributed by atoms with Gasteiger partial charge in [-0.1, -0.05) is 80.4 Å². The number of benzene rings is 3. The van der Waals surface area contributed by atoms with Crippen LogP contribution in [0.1, 0.15) is 22.9 Å². The summed E-state index contributed by atoms with van der Waals surface area (Å²) in [7, 11) is 1.63. The van der Waals surface area contributed by atoms with Gasteiger partial charge in [-0.05, 0) is 59.7 Å². The van der Waals surface area contributed by atoms with Gasteiger partial charge in [0.25, 0.3) is 11.8 Å². The topological polar surface area (TPSA) is 105 Å². The van der Waals surface area contributed by atoms with Gasteiger partial charge in [0.1, 0.15) is 5.75 Å². The van der Waals surface area contributed by atoms with Gasteiger partial charge in [0.15, 0.2) is 5.69 Å². The summed E-state index contributed by atoms with van der Waals surface area (Å²) in [5, 5.41) is 21.8. The van der Waals surface area contributed by atoms with Crippen LogP contribution in [-0.4, -0.2) is 37.3 Å². The number of nitrogens with zero attached hydrogens (tertiary/aromatic N) is 6. The van der Waals surface area contributed by atoms with Gasteiger partial charge in [0.05, 0.1) is 18.4 Å². The van der Waals surface area contributed by atoms with E-state index < -0.39 is 0 Å². The first-order valence-electron chi connectivity index (χ1n) is 13.3. The minimum absolute atomic E-state index is 0.254. The smallest absolute Gasteiger partial charge is 0.269 e. The molecular weight excluding hydrogens is 676 g/mol. The summed E-state index contributed by atoms with van der Waals surface area (Å²) in [6.45, 7) is 0. The van der Waals surface area contributed by atoms with Gasteiger partial charge in [-0.15, -0.1) is 20.4 Å². The maximum Gasteiger partial charge on any atom is 0.269 e. The highest BCUT2D eigenvalue weighted by atomic mass is 79.9. The van der Waals surface area contributed by atoms with Gasteiger partial charge in [-0.2, -0.15) is 5.10 Å². The molecule has 0 unspecified atom stereocenters. The number of halogens is 2. The highest BCUT2D eigenvalue weighted by molar-refractivity contribution is 9.10. The van der Waals surface area contributed by atoms with Crippen molar-refractivity contribution in [1.82, 2.24) is 30.2 Å². The maximum absolute atomic E-state index is 6.05. The number of hydrogen-bond acceptors (Lipinski definition) is 8. The fraction of sp³-hybridized carbons (Fsp3) is 0.0938. The van der Waals surface area contributed by atoms with Crippen molar-refractivity contribution in [2.75, 3.05) is 7.11 Å². The van der Waals surface area contributed by atoms with Crippen LogP contribution >= 0.6 is 31.9 Å². The third-order valence-electron chi connectivity index (χ3n) is 6.36. The van der Waals surface area contributed by atoms with Crippen LogP contribution in [0, 0.1) is 0 Å². The Hall–Kier alpha value is -4.61. The normalized spacial score (nSPS) is 11.6. The van der Waals surface area contributed by atoms with Gasteiger partial charge in [0, 0.05) is 28.0 Å². The summed E-state index contributed by atoms with van der Waals surface area (Å²) in [5.74, 6) is 2.22. The summed E-state index contributed by atoms with van der Waals surface area (Å²) in [4.78, 5) is 0. The lowest BCUT2D eigenvalue weighted by atomic mass is 10.2. The molecule has 0 atom stereocenters. The summed E-state index contributed by atoms with van der Waals surface area (Å²) in [5.41, 5.74) is 3.97. The molecule has 3 aromatic carbocycles. The fourth-order valence-corrected chi connectivity index (χ4v) is 4.70. The van der Waals surface area contributed by atoms with E-state index in [1.165, 1.54) is 0 Å². The number of allylic oxidation sites excluding steroid dienone is 2. The van der Waals surface area contributed by atoms with Gasteiger partial charge < -0.3 is 13.6 Å². The molecule has 3 heterocycles. The molecule has 0 saturated carbocycles. The second-order valence-corrected chi connectivity index (χ2v) is 11.2. The van der Waals surface area contributed by atoms with Crippen LogP contribution < -0.4 is 4.74 Å². The van der Waals surface area contributed by atoms with Crippen LogP contribution in [0.15, 0.2) is 109 Å². The highest BCUT2D eigenvalue weighted by Gasteiger charge is 2.23. The standard InChI is InChI=1S/C32H24Br2N6O3/c1-41-26-18-16-25(17-19-26)40-20-27(31-37-35-28(42-31)6-2-4-21-8-12-23(33)13-9-21)30(39-40)32-38-36-29(43-32)7-3-5-22-10-14-24(34)15-11-22/h2-5,8-20H,6-7H2,1H3/b4-2+,5-3+. The molecule has 6 aromatic rings. The van der Waals surface area contributed by atoms with Crippen LogP contribution in [0.3, 0.4) is 0 Å². The zero-order valence-electron chi connectivity index (χ0n) is 22.9. The molecule has 214 valence electrons. The molecule has 0 fully saturated rings. The van der Waals surface area contributed by atoms with Crippen molar-refractivity contribution < 1.29 is 13.6 Å². The largest absolute Gasteiger partial charge is 0.497 e. The Kier molecular flexibility index (Phi) is 8.71. The minimum Gasteiger partial charge on any atom is -0.497 e. The second-order valence-electron chi connectivity index (χ2n) is 9.35. The molecule has 0 saturated heterocycles. The first kappa shape index (κ1) is 28.5. The Balaban J connectivity index is 1.26. The number of ether oxygens (including phenoxy) is 1. The quantitative estimate of drug-likeness (QED) is 0.142. The monoisotopic (exact) mass is 698 g/mol. The molecule has 0 amide bonds. The number of aromatic nitrogens is 6. The molecule has 6 rings (SSSR count). The Labute approximate surface area is 264 Å². The van der Waals surface area contributed by atoms with E-state index >= 15 is 0 Å². The predicted octanol–water partition coefficient (Wildman–Crippen LogP) is 8.02. The molecule has 11 heteroatoms. The Morgan fingerprint density at radius 1 is 0.698 bits per heavy atom. The van der Waals surface area contributed by atoms with Crippen molar-refractivity contribution >= 4 is 44.0 Å². The summed E-state index contributed by atoms with van der Waals surface area (Å²) in [6.07, 6.45) is 10.7. The van der Waals surface area contributed by atoms with E-state index in [-0.39, 0.29) is 5.89 Å². The van der Waals surface area contributed by atoms with Crippen molar-refractivity contribution in [1.29, 1.82) is 0 Å². The molecule has 0 spiro atoms. The van der Waals surface area contributed by atoms with E-state index in [2.05, 4.69) is 52.3 Å². The molecule has 0 N–H and O–H groups in total. The Morgan fingerprint density at radius 2 is 1.23 bits per heavy atom. The average Bonchev–Trinajstić information content (AvgIpc) is 3.79. The first-order valence-corrected chi connectivity index (χ1v) is 14.9. The fourth-order valence-electron chi connectivity index (χ4n) is 4.17. The molecule has 43 heavy (non-hydrogen) atoms. The lowest BCUT2D eigenvalue weighted by Gasteiger charge is -2.02. The third kappa shape index (κ3) is 7.07. The Bertz CT molecular complexity index is 1760. The van der Waals surface area contributed by atoms with E-state index in [1.54, 1.807) is 11.8 Å². The number of methoxy groups -OCH3 is 1. The average molecular weight is 700 g/mol. The van der Waals surface area contributed by atoms with Crippen molar-refractivity contribution in [2.45, 2.75) is 12.8 Å². The predicted molar refractivity (Wildman–Crippen MR) is 170 cm³/mol. The van der Waals surface area contributed by atoms with E-state index in [0.717, 1.165) is 31.5 Å². The SMILES string of the molecule is COc1ccc(-n2cc(-c3nnc(C/C=C/c4ccc(Br)cc4)o3)c(-c3nnc(C/C=C/c4ccc(Br)cc4)o3)n2)cc1. The van der Waals surface area contributed by atoms with E-state index in [4.69, 9.17) is 18.7 Å². The van der Waals surface area contributed by atoms with Gasteiger partial charge in [-0.25, -0.2) is 4.68 Å². The van der Waals surface area contributed by atoms with Crippen LogP contribution in [0.5, 0.6) is 5.75 Å². The van der Waals surface area contributed by atoms with Gasteiger partial charge in [0.2, 0.25) is 11.8 Å². The van der Waals surface area contributed by atoms with Crippen LogP contribution in [-0.2, 0) is 12.8 Å². The number of rotatable bonds is 10. The highest BCUT2D eigenvalue weighted by Crippen LogP contribution is 2.31. The molecule has 0 bridgehead atoms. The second kappa shape index (κ2) is 13.1. The summed E-state index contributed by atoms with van der Waals surface area (Å²) < 4.78 is 21.1. The minimum atomic E-state index is 0.254. The zero-order chi connectivity index (χ0) is 29.6. The third-order valence-corrected chi connectivity index (χ3v) is 7.42. The first-order chi connectivity index (χ1) is 21.0. The summed E-state index contributed by atoms with van der Waals surface area (Å²) in [6, 6.07) is 23.6. The van der Waals surface area contributed by atoms with Crippen LogP contribution in [0.4, 0.5) is 0 Å². The molecule has 0 aliphatic carbocycles. The van der Waals surface area contributed by atoms with Crippen molar-refractivity contribution in [2.24, 2.45) is 0 Å². The van der Waals surface area contributed by atoms with E-state index in [1.807, 2.05) is 103 Å². The Morgan fingerprint density at radius 3 is 1.79 bits per heavy atom. The van der Waals surface area contributed by atoms with Crippen molar-refractivity contribution in [3.05, 3.63) is 123 Å². The molecule has 0 aliphatic heterocycles. The molecular formula is C32H24Br2N6O3. The lowest BCUT2D eigenvalue weighted by molar-refractivity contribution is 0.414. The van der Waals surface area contributed by atoms with E-state index in [9.17, 15) is 0 Å². The molecule has 0 radical (unpaired) electrons. The van der Waals surface area contributed by atoms with E-state index in [0.29, 0.717) is 41.8 Å². The van der Waals surface area contributed by atoms with Gasteiger partial charge >= 0.3 is 0 Å². The lowest BCUT2D eigenvalue weighted by Crippen LogP contribution is -1.95. The van der Waals surface area contributed by atoms with Gasteiger partial charge in [-0.3, -0.25) is 0 Å². The van der Waals surface area contributed by atoms with Crippen LogP contribution in [0.25, 0.3) is 40.9 Å². The molecule has 3 aromatic heterocycles. The summed E-state index contributed by atoms with van der Waals surface area (Å²) >= 11 is 6.91. The zero-order valence-corrected chi connectivity index (χ0v) is 26.1. The maximum atomic E-state index is 6.05.